The quantitative estimate of drug-likeness (QED) is 0.205. The fourth-order valence-corrected chi connectivity index (χ4v) is 13.7. The van der Waals surface area contributed by atoms with Crippen LogP contribution >= 0.6 is 0 Å². The number of benzene rings is 2. The van der Waals surface area contributed by atoms with Crippen molar-refractivity contribution in [2.75, 3.05) is 34.9 Å². The molecule has 2 aromatic carbocycles. The first kappa shape index (κ1) is 33.7. The fourth-order valence-electron chi connectivity index (χ4n) is 8.10. The van der Waals surface area contributed by atoms with Gasteiger partial charge in [0, 0.05) is 24.2 Å². The van der Waals surface area contributed by atoms with E-state index < -0.39 is 33.2 Å². The number of hydrogen-bond acceptors (Lipinski definition) is 10. The molecular formula is C33H49BO10Si. The number of methoxy groups -OCH3 is 3. The Hall–Kier alpha value is -2.64. The van der Waals surface area contributed by atoms with Crippen LogP contribution in [0.25, 0.3) is 11.1 Å². The van der Waals surface area contributed by atoms with Crippen molar-refractivity contribution < 1.29 is 47.3 Å². The maximum atomic E-state index is 12.2. The first-order valence-electron chi connectivity index (χ1n) is 15.9. The molecule has 2 aromatic rings. The number of rotatable bonds is 10. The predicted molar refractivity (Wildman–Crippen MR) is 174 cm³/mol. The molecule has 2 bridgehead atoms. The van der Waals surface area contributed by atoms with Crippen molar-refractivity contribution >= 4 is 15.4 Å². The average molecular weight is 645 g/mol. The zero-order valence-corrected chi connectivity index (χ0v) is 29.7. The number of phenols is 1. The topological polar surface area (TPSA) is 103 Å². The van der Waals surface area contributed by atoms with Crippen LogP contribution in [0.4, 0.5) is 0 Å². The van der Waals surface area contributed by atoms with Gasteiger partial charge in [-0.3, -0.25) is 0 Å². The zero-order chi connectivity index (χ0) is 33.0. The van der Waals surface area contributed by atoms with Crippen LogP contribution in [-0.2, 0) is 18.5 Å². The number of aromatic hydroxyl groups is 1. The number of ether oxygens (including phenoxy) is 6. The summed E-state index contributed by atoms with van der Waals surface area (Å²) in [6.45, 7) is 19.7. The Balaban J connectivity index is 1.97. The first-order chi connectivity index (χ1) is 21.3. The van der Waals surface area contributed by atoms with E-state index in [-0.39, 0.29) is 47.6 Å². The van der Waals surface area contributed by atoms with Gasteiger partial charge in [-0.25, -0.2) is 0 Å². The molecule has 2 aliphatic heterocycles. The summed E-state index contributed by atoms with van der Waals surface area (Å²) in [7, 11) is 1.50. The Bertz CT molecular complexity index is 1390. The molecule has 0 amide bonds. The van der Waals surface area contributed by atoms with Crippen molar-refractivity contribution in [2.45, 2.75) is 96.6 Å². The molecular weight excluding hydrogens is 595 g/mol. The van der Waals surface area contributed by atoms with Gasteiger partial charge in [0.25, 0.3) is 0 Å². The molecule has 248 valence electrons. The maximum absolute atomic E-state index is 12.2. The summed E-state index contributed by atoms with van der Waals surface area (Å²) in [6.07, 6.45) is -1.11. The SMILES string of the molecule is COCOc1c2c(cc3c1-c1c(cc(OC)c(OC)c1O)[C@@H](O[Si](C(C)C)(C(C)C)C(C)C)[C@@]1(C)OB(C)O[C@@H]3[C@@H]1C)OCO2. The second-order valence-electron chi connectivity index (χ2n) is 13.4. The highest BCUT2D eigenvalue weighted by Crippen LogP contribution is 2.63. The van der Waals surface area contributed by atoms with E-state index in [9.17, 15) is 5.11 Å². The molecule has 0 radical (unpaired) electrons. The second kappa shape index (κ2) is 12.5. The fraction of sp³-hybridized carbons (Fsp3) is 0.636. The van der Waals surface area contributed by atoms with Crippen molar-refractivity contribution in [2.24, 2.45) is 5.92 Å². The van der Waals surface area contributed by atoms with Gasteiger partial charge in [-0.2, -0.15) is 0 Å². The molecule has 45 heavy (non-hydrogen) atoms. The largest absolute Gasteiger partial charge is 0.504 e. The van der Waals surface area contributed by atoms with Crippen molar-refractivity contribution in [3.8, 4) is 45.6 Å². The molecule has 0 unspecified atom stereocenters. The summed E-state index contributed by atoms with van der Waals surface area (Å²) in [5.41, 5.74) is 2.51. The highest BCUT2D eigenvalue weighted by molar-refractivity contribution is 6.77. The van der Waals surface area contributed by atoms with Gasteiger partial charge in [0.2, 0.25) is 26.6 Å². The van der Waals surface area contributed by atoms with Gasteiger partial charge in [-0.15, -0.1) is 0 Å². The van der Waals surface area contributed by atoms with Gasteiger partial charge >= 0.3 is 7.12 Å². The molecule has 12 heteroatoms. The van der Waals surface area contributed by atoms with Crippen LogP contribution in [0.1, 0.15) is 78.7 Å². The molecule has 1 N–H and O–H groups in total. The number of fused-ring (bicyclic) bond motifs is 7. The van der Waals surface area contributed by atoms with Gasteiger partial charge < -0.3 is 47.3 Å². The smallest absolute Gasteiger partial charge is 0.454 e. The van der Waals surface area contributed by atoms with Crippen molar-refractivity contribution in [1.82, 2.24) is 0 Å². The number of phenolic OH excluding ortho intramolecular Hbond substituents is 1. The third-order valence-corrected chi connectivity index (χ3v) is 16.2. The van der Waals surface area contributed by atoms with E-state index >= 15 is 0 Å². The minimum Gasteiger partial charge on any atom is -0.504 e. The molecule has 0 aromatic heterocycles. The van der Waals surface area contributed by atoms with E-state index in [0.717, 1.165) is 5.56 Å². The maximum Gasteiger partial charge on any atom is 0.454 e. The van der Waals surface area contributed by atoms with E-state index in [1.54, 1.807) is 14.2 Å². The lowest BCUT2D eigenvalue weighted by atomic mass is 9.68. The van der Waals surface area contributed by atoms with Gasteiger partial charge in [0.1, 0.15) is 0 Å². The van der Waals surface area contributed by atoms with Crippen LogP contribution < -0.4 is 23.7 Å². The van der Waals surface area contributed by atoms with Crippen molar-refractivity contribution in [3.63, 3.8) is 0 Å². The van der Waals surface area contributed by atoms with E-state index in [2.05, 4.69) is 55.4 Å². The minimum absolute atomic E-state index is 0.0294. The predicted octanol–water partition coefficient (Wildman–Crippen LogP) is 7.64. The average Bonchev–Trinajstić information content (AvgIpc) is 3.45. The standard InChI is InChI=1S/C33H49BO10Si/c1-17(2)45(18(3)4,19(5)6)43-32-22-14-23(37-11)29(38-12)27(35)25(22)26-21(28-20(7)33(32,8)44-34(9)42-28)13-24-30(41-16-39-24)31(26)40-15-36-10/h13-14,17-20,28,32,35H,15-16H2,1-12H3/t20-,28+,32+,33-/m0/s1. The minimum atomic E-state index is -2.56. The third-order valence-electron chi connectivity index (χ3n) is 10.2. The van der Waals surface area contributed by atoms with Gasteiger partial charge in [0.15, 0.2) is 29.8 Å². The van der Waals surface area contributed by atoms with Gasteiger partial charge in [0.05, 0.1) is 32.0 Å². The molecule has 1 saturated heterocycles. The second-order valence-corrected chi connectivity index (χ2v) is 18.8. The van der Waals surface area contributed by atoms with E-state index in [0.29, 0.717) is 39.7 Å². The van der Waals surface area contributed by atoms with Crippen LogP contribution in [-0.4, -0.2) is 61.1 Å². The van der Waals surface area contributed by atoms with Crippen molar-refractivity contribution in [1.29, 1.82) is 0 Å². The number of hydrogen-bond donors (Lipinski definition) is 1. The Morgan fingerprint density at radius 1 is 0.956 bits per heavy atom. The molecule has 1 aliphatic carbocycles. The van der Waals surface area contributed by atoms with Crippen molar-refractivity contribution in [3.05, 3.63) is 23.3 Å². The Morgan fingerprint density at radius 3 is 2.20 bits per heavy atom. The Morgan fingerprint density at radius 2 is 1.62 bits per heavy atom. The Kier molecular flexibility index (Phi) is 9.38. The summed E-state index contributed by atoms with van der Waals surface area (Å²) in [4.78, 5) is 0. The van der Waals surface area contributed by atoms with Gasteiger partial charge in [-0.05, 0) is 53.6 Å². The lowest BCUT2D eigenvalue weighted by Gasteiger charge is -2.55. The molecule has 3 aliphatic rings. The summed E-state index contributed by atoms with van der Waals surface area (Å²) in [5, 5.41) is 12.2. The molecule has 2 heterocycles. The molecule has 4 atom stereocenters. The summed E-state index contributed by atoms with van der Waals surface area (Å²) in [6, 6.07) is 3.84. The molecule has 0 spiro atoms. The molecule has 1 fully saturated rings. The highest BCUT2D eigenvalue weighted by atomic mass is 28.4. The first-order valence-corrected chi connectivity index (χ1v) is 18.0. The van der Waals surface area contributed by atoms with Crippen LogP contribution in [0, 0.1) is 5.92 Å². The van der Waals surface area contributed by atoms with Crippen LogP contribution in [0.2, 0.25) is 23.4 Å². The molecule has 10 nitrogen and oxygen atoms in total. The summed E-state index contributed by atoms with van der Waals surface area (Å²) >= 11 is 0. The summed E-state index contributed by atoms with van der Waals surface area (Å²) < 4.78 is 56.2. The van der Waals surface area contributed by atoms with Crippen LogP contribution in [0.15, 0.2) is 12.1 Å². The monoisotopic (exact) mass is 644 g/mol. The lowest BCUT2D eigenvalue weighted by Crippen LogP contribution is -2.59. The molecule has 5 rings (SSSR count). The zero-order valence-electron chi connectivity index (χ0n) is 28.7. The van der Waals surface area contributed by atoms with E-state index in [4.69, 9.17) is 42.2 Å². The Labute approximate surface area is 268 Å². The molecule has 0 saturated carbocycles. The highest BCUT2D eigenvalue weighted by Gasteiger charge is 2.58. The van der Waals surface area contributed by atoms with Crippen LogP contribution in [0.3, 0.4) is 0 Å². The van der Waals surface area contributed by atoms with E-state index in [1.807, 2.05) is 19.0 Å². The normalized spacial score (nSPS) is 24.0. The third kappa shape index (κ3) is 5.17. The van der Waals surface area contributed by atoms with E-state index in [1.165, 1.54) is 7.11 Å². The van der Waals surface area contributed by atoms with Gasteiger partial charge in [-0.1, -0.05) is 48.5 Å². The lowest BCUT2D eigenvalue weighted by molar-refractivity contribution is -0.151. The summed E-state index contributed by atoms with van der Waals surface area (Å²) in [5.74, 6) is 1.57. The van der Waals surface area contributed by atoms with Crippen LogP contribution in [0.5, 0.6) is 34.5 Å².